The number of nitrogens with one attached hydrogen (secondary N) is 1. The van der Waals surface area contributed by atoms with Gasteiger partial charge >= 0.3 is 0 Å². The van der Waals surface area contributed by atoms with Crippen molar-refractivity contribution in [3.8, 4) is 0 Å². The topological polar surface area (TPSA) is 63.2 Å². The van der Waals surface area contributed by atoms with Crippen molar-refractivity contribution in [1.82, 2.24) is 5.32 Å². The summed E-state index contributed by atoms with van der Waals surface area (Å²) in [5.74, 6) is 0.163. The van der Waals surface area contributed by atoms with Gasteiger partial charge in [-0.25, -0.2) is 8.42 Å². The predicted molar refractivity (Wildman–Crippen MR) is 80.6 cm³/mol. The molecule has 1 aromatic rings. The van der Waals surface area contributed by atoms with Crippen LogP contribution in [0.3, 0.4) is 0 Å². The average molecular weight is 318 g/mol. The number of benzene rings is 1. The summed E-state index contributed by atoms with van der Waals surface area (Å²) in [7, 11) is 1.48. The molecule has 0 aliphatic rings. The van der Waals surface area contributed by atoms with E-state index in [4.69, 9.17) is 10.7 Å². The molecule has 0 bridgehead atoms. The second-order valence-electron chi connectivity index (χ2n) is 4.81. The Morgan fingerprint density at radius 3 is 2.40 bits per heavy atom. The van der Waals surface area contributed by atoms with Crippen molar-refractivity contribution >= 4 is 25.6 Å². The predicted octanol–water partition coefficient (Wildman–Crippen LogP) is 3.09. The van der Waals surface area contributed by atoms with E-state index in [-0.39, 0.29) is 10.8 Å². The van der Waals surface area contributed by atoms with Crippen LogP contribution in [-0.4, -0.2) is 20.9 Å². The summed E-state index contributed by atoms with van der Waals surface area (Å²) in [6.07, 6.45) is 1.98. The van der Waals surface area contributed by atoms with Gasteiger partial charge in [-0.1, -0.05) is 32.8 Å². The van der Waals surface area contributed by atoms with Gasteiger partial charge in [0.15, 0.2) is 0 Å². The minimum Gasteiger partial charge on any atom is -0.352 e. The second kappa shape index (κ2) is 7.09. The lowest BCUT2D eigenvalue weighted by atomic mass is 10.0. The molecule has 1 N–H and O–H groups in total. The number of halogens is 1. The molecule has 20 heavy (non-hydrogen) atoms. The minimum atomic E-state index is -3.82. The maximum absolute atomic E-state index is 12.1. The second-order valence-corrected chi connectivity index (χ2v) is 7.37. The zero-order valence-corrected chi connectivity index (χ0v) is 13.5. The van der Waals surface area contributed by atoms with Crippen molar-refractivity contribution in [3.05, 3.63) is 29.3 Å². The highest BCUT2D eigenvalue weighted by atomic mass is 35.7. The van der Waals surface area contributed by atoms with Gasteiger partial charge in [-0.15, -0.1) is 0 Å². The van der Waals surface area contributed by atoms with Crippen molar-refractivity contribution in [2.24, 2.45) is 5.92 Å². The zero-order chi connectivity index (χ0) is 15.3. The molecule has 0 radical (unpaired) electrons. The molecule has 0 aliphatic heterocycles. The summed E-state index contributed by atoms with van der Waals surface area (Å²) >= 11 is 0. The maximum Gasteiger partial charge on any atom is 0.261 e. The molecule has 0 spiro atoms. The van der Waals surface area contributed by atoms with Gasteiger partial charge in [0.1, 0.15) is 0 Å². The van der Waals surface area contributed by atoms with Gasteiger partial charge in [0.2, 0.25) is 0 Å². The third-order valence-electron chi connectivity index (χ3n) is 3.44. The summed E-state index contributed by atoms with van der Waals surface area (Å²) < 4.78 is 22.6. The lowest BCUT2D eigenvalue weighted by Gasteiger charge is -2.14. The van der Waals surface area contributed by atoms with Gasteiger partial charge in [-0.2, -0.15) is 0 Å². The van der Waals surface area contributed by atoms with Crippen LogP contribution in [0.15, 0.2) is 23.1 Å². The number of hydrogen-bond donors (Lipinski definition) is 1. The Balaban J connectivity index is 2.93. The van der Waals surface area contributed by atoms with E-state index < -0.39 is 9.05 Å². The molecule has 1 rings (SSSR count). The summed E-state index contributed by atoms with van der Waals surface area (Å²) in [6, 6.07) is 4.30. The van der Waals surface area contributed by atoms with E-state index in [0.717, 1.165) is 18.4 Å². The Bertz CT molecular complexity index is 580. The fourth-order valence-electron chi connectivity index (χ4n) is 1.91. The van der Waals surface area contributed by atoms with Crippen LogP contribution in [0.2, 0.25) is 0 Å². The maximum atomic E-state index is 12.1. The number of hydrogen-bond acceptors (Lipinski definition) is 3. The highest BCUT2D eigenvalue weighted by Gasteiger charge is 2.16. The SMILES string of the molecule is CCC(CC)CNC(=O)c1cc(S(=O)(=O)Cl)ccc1C. The summed E-state index contributed by atoms with van der Waals surface area (Å²) in [6.45, 7) is 6.50. The van der Waals surface area contributed by atoms with Crippen LogP contribution in [0.1, 0.15) is 42.6 Å². The number of carbonyl (C=O) groups is 1. The number of rotatable bonds is 6. The van der Waals surface area contributed by atoms with Crippen LogP contribution in [0, 0.1) is 12.8 Å². The first-order valence-electron chi connectivity index (χ1n) is 6.63. The highest BCUT2D eigenvalue weighted by Crippen LogP contribution is 2.19. The molecule has 0 aliphatic carbocycles. The molecule has 112 valence electrons. The molecule has 0 fully saturated rings. The lowest BCUT2D eigenvalue weighted by molar-refractivity contribution is 0.0945. The van der Waals surface area contributed by atoms with Gasteiger partial charge in [-0.05, 0) is 30.5 Å². The standard InChI is InChI=1S/C14H20ClNO3S/c1-4-11(5-2)9-16-14(17)13-8-12(20(15,18)19)7-6-10(13)3/h6-8,11H,4-5,9H2,1-3H3,(H,16,17). The molecular weight excluding hydrogens is 298 g/mol. The van der Waals surface area contributed by atoms with Crippen molar-refractivity contribution in [1.29, 1.82) is 0 Å². The van der Waals surface area contributed by atoms with E-state index in [2.05, 4.69) is 19.2 Å². The van der Waals surface area contributed by atoms with E-state index in [0.29, 0.717) is 18.0 Å². The molecule has 1 amide bonds. The normalized spacial score (nSPS) is 11.7. The minimum absolute atomic E-state index is 0.0579. The van der Waals surface area contributed by atoms with Gasteiger partial charge in [0.25, 0.3) is 15.0 Å². The number of amides is 1. The summed E-state index contributed by atoms with van der Waals surface area (Å²) in [4.78, 5) is 12.1. The van der Waals surface area contributed by atoms with Crippen LogP contribution in [0.25, 0.3) is 0 Å². The Morgan fingerprint density at radius 1 is 1.30 bits per heavy atom. The number of carbonyl (C=O) groups excluding carboxylic acids is 1. The molecule has 0 saturated heterocycles. The zero-order valence-electron chi connectivity index (χ0n) is 11.9. The van der Waals surface area contributed by atoms with Gasteiger partial charge in [0, 0.05) is 22.8 Å². The number of aryl methyl sites for hydroxylation is 1. The Morgan fingerprint density at radius 2 is 1.90 bits per heavy atom. The van der Waals surface area contributed by atoms with Crippen LogP contribution in [-0.2, 0) is 9.05 Å². The quantitative estimate of drug-likeness (QED) is 0.820. The van der Waals surface area contributed by atoms with Gasteiger partial charge < -0.3 is 5.32 Å². The van der Waals surface area contributed by atoms with Crippen LogP contribution in [0.5, 0.6) is 0 Å². The Kier molecular flexibility index (Phi) is 6.02. The van der Waals surface area contributed by atoms with Crippen LogP contribution in [0.4, 0.5) is 0 Å². The van der Waals surface area contributed by atoms with Crippen molar-refractivity contribution in [2.75, 3.05) is 6.54 Å². The largest absolute Gasteiger partial charge is 0.352 e. The molecule has 0 saturated carbocycles. The van der Waals surface area contributed by atoms with Crippen LogP contribution >= 0.6 is 10.7 Å². The first kappa shape index (κ1) is 17.0. The lowest BCUT2D eigenvalue weighted by Crippen LogP contribution is -2.29. The van der Waals surface area contributed by atoms with Gasteiger partial charge in [0.05, 0.1) is 4.90 Å². The fourth-order valence-corrected chi connectivity index (χ4v) is 2.68. The molecule has 6 heteroatoms. The monoisotopic (exact) mass is 317 g/mol. The third-order valence-corrected chi connectivity index (χ3v) is 4.79. The van der Waals surface area contributed by atoms with Crippen molar-refractivity contribution < 1.29 is 13.2 Å². The first-order valence-corrected chi connectivity index (χ1v) is 8.94. The summed E-state index contributed by atoms with van der Waals surface area (Å²) in [5, 5.41) is 2.84. The van der Waals surface area contributed by atoms with Crippen LogP contribution < -0.4 is 5.32 Å². The highest BCUT2D eigenvalue weighted by molar-refractivity contribution is 8.13. The Labute approximate surface area is 124 Å². The summed E-state index contributed by atoms with van der Waals surface area (Å²) in [5.41, 5.74) is 1.06. The van der Waals surface area contributed by atoms with E-state index in [1.807, 2.05) is 0 Å². The molecule has 0 heterocycles. The first-order chi connectivity index (χ1) is 9.29. The molecule has 0 unspecified atom stereocenters. The van der Waals surface area contributed by atoms with Crippen molar-refractivity contribution in [3.63, 3.8) is 0 Å². The third kappa shape index (κ3) is 4.49. The van der Waals surface area contributed by atoms with E-state index >= 15 is 0 Å². The molecule has 0 atom stereocenters. The molecule has 1 aromatic carbocycles. The average Bonchev–Trinajstić information content (AvgIpc) is 2.38. The smallest absolute Gasteiger partial charge is 0.261 e. The van der Waals surface area contributed by atoms with E-state index in [1.54, 1.807) is 13.0 Å². The Hall–Kier alpha value is -1.07. The molecule has 0 aromatic heterocycles. The van der Waals surface area contributed by atoms with E-state index in [1.165, 1.54) is 12.1 Å². The molecule has 4 nitrogen and oxygen atoms in total. The van der Waals surface area contributed by atoms with Crippen molar-refractivity contribution in [2.45, 2.75) is 38.5 Å². The fraction of sp³-hybridized carbons (Fsp3) is 0.500. The molecular formula is C14H20ClNO3S. The van der Waals surface area contributed by atoms with Gasteiger partial charge in [-0.3, -0.25) is 4.79 Å². The van der Waals surface area contributed by atoms with E-state index in [9.17, 15) is 13.2 Å².